The standard InChI is InChI=1S/C13H16N2O5/c1-2-10(13(18)19)15-12(17)8-3-5-9(6-4-8)20-7-11(14)16/h3-6,10H,2,7H2,1H3,(H2,14,16)(H,15,17)(H,18,19)/t10-/m1/s1. The van der Waals surface area contributed by atoms with Crippen molar-refractivity contribution in [3.05, 3.63) is 29.8 Å². The summed E-state index contributed by atoms with van der Waals surface area (Å²) in [6.45, 7) is 1.42. The Hall–Kier alpha value is -2.57. The Morgan fingerprint density at radius 2 is 1.90 bits per heavy atom. The number of hydrogen-bond acceptors (Lipinski definition) is 4. The van der Waals surface area contributed by atoms with Crippen LogP contribution < -0.4 is 15.8 Å². The van der Waals surface area contributed by atoms with Gasteiger partial charge in [-0.15, -0.1) is 0 Å². The van der Waals surface area contributed by atoms with Crippen LogP contribution in [0.4, 0.5) is 0 Å². The summed E-state index contributed by atoms with van der Waals surface area (Å²) in [6, 6.07) is 5.02. The van der Waals surface area contributed by atoms with Gasteiger partial charge in [0.1, 0.15) is 11.8 Å². The number of amides is 2. The van der Waals surface area contributed by atoms with Gasteiger partial charge in [0.05, 0.1) is 0 Å². The quantitative estimate of drug-likeness (QED) is 0.656. The predicted molar refractivity (Wildman–Crippen MR) is 70.3 cm³/mol. The molecule has 0 aromatic heterocycles. The van der Waals surface area contributed by atoms with E-state index in [1.165, 1.54) is 24.3 Å². The molecule has 0 saturated carbocycles. The fourth-order valence-corrected chi connectivity index (χ4v) is 1.44. The van der Waals surface area contributed by atoms with Crippen LogP contribution in [0, 0.1) is 0 Å². The number of primary amides is 1. The summed E-state index contributed by atoms with van der Waals surface area (Å²) in [5.74, 6) is -1.77. The second-order valence-electron chi connectivity index (χ2n) is 4.05. The number of nitrogens with one attached hydrogen (secondary N) is 1. The van der Waals surface area contributed by atoms with Gasteiger partial charge in [0, 0.05) is 5.56 Å². The van der Waals surface area contributed by atoms with E-state index >= 15 is 0 Å². The Morgan fingerprint density at radius 1 is 1.30 bits per heavy atom. The molecule has 0 aliphatic heterocycles. The predicted octanol–water partition coefficient (Wildman–Crippen LogP) is 0.144. The lowest BCUT2D eigenvalue weighted by Gasteiger charge is -2.12. The number of carbonyl (C=O) groups excluding carboxylic acids is 2. The zero-order valence-electron chi connectivity index (χ0n) is 11.0. The molecule has 0 aliphatic carbocycles. The van der Waals surface area contributed by atoms with Crippen LogP contribution in [0.3, 0.4) is 0 Å². The van der Waals surface area contributed by atoms with Crippen molar-refractivity contribution >= 4 is 17.8 Å². The van der Waals surface area contributed by atoms with Crippen molar-refractivity contribution in [1.82, 2.24) is 5.32 Å². The van der Waals surface area contributed by atoms with Crippen LogP contribution in [0.2, 0.25) is 0 Å². The van der Waals surface area contributed by atoms with Gasteiger partial charge in [-0.2, -0.15) is 0 Å². The maximum Gasteiger partial charge on any atom is 0.326 e. The van der Waals surface area contributed by atoms with E-state index in [0.29, 0.717) is 17.7 Å². The molecule has 0 radical (unpaired) electrons. The summed E-state index contributed by atoms with van der Waals surface area (Å²) in [5, 5.41) is 11.3. The van der Waals surface area contributed by atoms with Gasteiger partial charge in [-0.05, 0) is 30.7 Å². The molecule has 0 spiro atoms. The molecular weight excluding hydrogens is 264 g/mol. The van der Waals surface area contributed by atoms with Crippen molar-refractivity contribution in [1.29, 1.82) is 0 Å². The minimum absolute atomic E-state index is 0.248. The molecule has 0 aliphatic rings. The van der Waals surface area contributed by atoms with E-state index in [4.69, 9.17) is 15.6 Å². The first-order chi connectivity index (χ1) is 9.43. The molecule has 4 N–H and O–H groups in total. The minimum atomic E-state index is -1.08. The molecule has 1 atom stereocenters. The molecular formula is C13H16N2O5. The number of rotatable bonds is 7. The van der Waals surface area contributed by atoms with Gasteiger partial charge < -0.3 is 20.9 Å². The lowest BCUT2D eigenvalue weighted by Crippen LogP contribution is -2.40. The zero-order chi connectivity index (χ0) is 15.1. The number of carboxylic acid groups (broad SMARTS) is 1. The molecule has 0 heterocycles. The fraction of sp³-hybridized carbons (Fsp3) is 0.308. The normalized spacial score (nSPS) is 11.4. The Morgan fingerprint density at radius 3 is 2.35 bits per heavy atom. The van der Waals surface area contributed by atoms with Crippen LogP contribution in [0.1, 0.15) is 23.7 Å². The molecule has 0 fully saturated rings. The second-order valence-corrected chi connectivity index (χ2v) is 4.05. The Balaban J connectivity index is 2.65. The van der Waals surface area contributed by atoms with Gasteiger partial charge in [0.15, 0.2) is 6.61 Å². The number of hydrogen-bond donors (Lipinski definition) is 3. The van der Waals surface area contributed by atoms with Crippen LogP contribution in [0.25, 0.3) is 0 Å². The molecule has 1 aromatic carbocycles. The van der Waals surface area contributed by atoms with Crippen LogP contribution in [-0.4, -0.2) is 35.5 Å². The first-order valence-corrected chi connectivity index (χ1v) is 5.99. The summed E-state index contributed by atoms with van der Waals surface area (Å²) < 4.78 is 5.04. The first-order valence-electron chi connectivity index (χ1n) is 5.99. The number of nitrogens with two attached hydrogens (primary N) is 1. The van der Waals surface area contributed by atoms with Crippen molar-refractivity contribution in [2.75, 3.05) is 6.61 Å². The molecule has 0 saturated heterocycles. The highest BCUT2D eigenvalue weighted by atomic mass is 16.5. The zero-order valence-corrected chi connectivity index (χ0v) is 11.0. The van der Waals surface area contributed by atoms with Crippen LogP contribution in [0.15, 0.2) is 24.3 Å². The second kappa shape index (κ2) is 7.13. The van der Waals surface area contributed by atoms with Gasteiger partial charge in [0.2, 0.25) is 0 Å². The maximum absolute atomic E-state index is 11.8. The van der Waals surface area contributed by atoms with E-state index in [0.717, 1.165) is 0 Å². The van der Waals surface area contributed by atoms with E-state index in [9.17, 15) is 14.4 Å². The minimum Gasteiger partial charge on any atom is -0.484 e. The van der Waals surface area contributed by atoms with Gasteiger partial charge in [-0.25, -0.2) is 4.79 Å². The van der Waals surface area contributed by atoms with Crippen molar-refractivity contribution in [3.8, 4) is 5.75 Å². The number of aliphatic carboxylic acids is 1. The number of carbonyl (C=O) groups is 3. The largest absolute Gasteiger partial charge is 0.484 e. The third-order valence-corrected chi connectivity index (χ3v) is 2.51. The first kappa shape index (κ1) is 15.5. The lowest BCUT2D eigenvalue weighted by molar-refractivity contribution is -0.139. The summed E-state index contributed by atoms with van der Waals surface area (Å²) in [4.78, 5) is 33.2. The highest BCUT2D eigenvalue weighted by Crippen LogP contribution is 2.12. The Bertz CT molecular complexity index is 498. The number of ether oxygens (including phenoxy) is 1. The van der Waals surface area contributed by atoms with Gasteiger partial charge in [0.25, 0.3) is 11.8 Å². The molecule has 1 rings (SSSR count). The Kier molecular flexibility index (Phi) is 5.52. The average Bonchev–Trinajstić information content (AvgIpc) is 2.42. The highest BCUT2D eigenvalue weighted by molar-refractivity contribution is 5.96. The SMILES string of the molecule is CC[C@@H](NC(=O)c1ccc(OCC(N)=O)cc1)C(=O)O. The van der Waals surface area contributed by atoms with Crippen molar-refractivity contribution in [2.45, 2.75) is 19.4 Å². The third kappa shape index (κ3) is 4.60. The van der Waals surface area contributed by atoms with E-state index in [-0.39, 0.29) is 6.61 Å². The molecule has 0 bridgehead atoms. The molecule has 1 aromatic rings. The van der Waals surface area contributed by atoms with E-state index in [1.54, 1.807) is 6.92 Å². The highest BCUT2D eigenvalue weighted by Gasteiger charge is 2.18. The molecule has 7 nitrogen and oxygen atoms in total. The van der Waals surface area contributed by atoms with Gasteiger partial charge in [-0.3, -0.25) is 9.59 Å². The lowest BCUT2D eigenvalue weighted by atomic mass is 10.1. The molecule has 2 amide bonds. The monoisotopic (exact) mass is 280 g/mol. The van der Waals surface area contributed by atoms with Crippen LogP contribution >= 0.6 is 0 Å². The van der Waals surface area contributed by atoms with Crippen molar-refractivity contribution < 1.29 is 24.2 Å². The summed E-state index contributed by atoms with van der Waals surface area (Å²) in [6.07, 6.45) is 0.293. The topological polar surface area (TPSA) is 119 Å². The smallest absolute Gasteiger partial charge is 0.326 e. The molecule has 0 unspecified atom stereocenters. The van der Waals surface area contributed by atoms with E-state index < -0.39 is 23.8 Å². The number of carboxylic acids is 1. The van der Waals surface area contributed by atoms with Crippen LogP contribution in [0.5, 0.6) is 5.75 Å². The number of benzene rings is 1. The summed E-state index contributed by atoms with van der Waals surface area (Å²) in [7, 11) is 0. The molecule has 108 valence electrons. The van der Waals surface area contributed by atoms with E-state index in [2.05, 4.69) is 5.32 Å². The average molecular weight is 280 g/mol. The summed E-state index contributed by atoms with van der Waals surface area (Å²) in [5.41, 5.74) is 5.24. The third-order valence-electron chi connectivity index (χ3n) is 2.51. The van der Waals surface area contributed by atoms with Gasteiger partial charge in [-0.1, -0.05) is 6.92 Å². The van der Waals surface area contributed by atoms with E-state index in [1.807, 2.05) is 0 Å². The van der Waals surface area contributed by atoms with Crippen LogP contribution in [-0.2, 0) is 9.59 Å². The Labute approximate surface area is 115 Å². The van der Waals surface area contributed by atoms with Crippen molar-refractivity contribution in [3.63, 3.8) is 0 Å². The molecule has 20 heavy (non-hydrogen) atoms. The van der Waals surface area contributed by atoms with Gasteiger partial charge >= 0.3 is 5.97 Å². The maximum atomic E-state index is 11.8. The molecule has 7 heteroatoms. The summed E-state index contributed by atoms with van der Waals surface area (Å²) >= 11 is 0. The fourth-order valence-electron chi connectivity index (χ4n) is 1.44. The van der Waals surface area contributed by atoms with Crippen molar-refractivity contribution in [2.24, 2.45) is 5.73 Å².